The van der Waals surface area contributed by atoms with Crippen LogP contribution in [0.2, 0.25) is 0 Å². The maximum atomic E-state index is 12.5. The van der Waals surface area contributed by atoms with Crippen LogP contribution in [0.4, 0.5) is 5.00 Å². The Kier molecular flexibility index (Phi) is 8.24. The summed E-state index contributed by atoms with van der Waals surface area (Å²) in [4.78, 5) is 39.9. The highest BCUT2D eigenvalue weighted by Gasteiger charge is 2.26. The van der Waals surface area contributed by atoms with Gasteiger partial charge >= 0.3 is 11.9 Å². The first-order valence-electron chi connectivity index (χ1n) is 8.72. The van der Waals surface area contributed by atoms with Crippen molar-refractivity contribution >= 4 is 45.9 Å². The van der Waals surface area contributed by atoms with Gasteiger partial charge in [-0.15, -0.1) is 23.1 Å². The number of methoxy groups -OCH3 is 2. The van der Waals surface area contributed by atoms with E-state index in [0.29, 0.717) is 12.1 Å². The second-order valence-corrected chi connectivity index (χ2v) is 8.21. The van der Waals surface area contributed by atoms with E-state index >= 15 is 0 Å². The van der Waals surface area contributed by atoms with Crippen LogP contribution in [0.3, 0.4) is 0 Å². The predicted octanol–water partition coefficient (Wildman–Crippen LogP) is 3.42. The number of anilines is 1. The predicted molar refractivity (Wildman–Crippen MR) is 115 cm³/mol. The molecule has 1 aromatic heterocycles. The summed E-state index contributed by atoms with van der Waals surface area (Å²) >= 11 is 2.67. The second kappa shape index (κ2) is 10.4. The number of ether oxygens (including phenoxy) is 2. The van der Waals surface area contributed by atoms with Crippen molar-refractivity contribution in [1.29, 1.82) is 0 Å². The lowest BCUT2D eigenvalue weighted by Crippen LogP contribution is -2.30. The van der Waals surface area contributed by atoms with Gasteiger partial charge in [0, 0.05) is 11.4 Å². The van der Waals surface area contributed by atoms with Crippen LogP contribution in [0.25, 0.3) is 0 Å². The van der Waals surface area contributed by atoms with E-state index < -0.39 is 11.9 Å². The minimum atomic E-state index is -0.619. The molecule has 1 heterocycles. The molecule has 156 valence electrons. The summed E-state index contributed by atoms with van der Waals surface area (Å²) in [7, 11) is 4.35. The first-order valence-corrected chi connectivity index (χ1v) is 10.8. The maximum absolute atomic E-state index is 12.5. The number of likely N-dealkylation sites (N-methyl/N-ethyl adjacent to an activating group) is 1. The third-order valence-corrected chi connectivity index (χ3v) is 6.12. The zero-order valence-electron chi connectivity index (χ0n) is 17.0. The number of hydrogen-bond donors (Lipinski definition) is 1. The van der Waals surface area contributed by atoms with Crippen molar-refractivity contribution in [3.8, 4) is 0 Å². The third kappa shape index (κ3) is 5.81. The van der Waals surface area contributed by atoms with Crippen molar-refractivity contribution in [2.24, 2.45) is 0 Å². The minimum Gasteiger partial charge on any atom is -0.465 e. The number of thiophene rings is 1. The molecule has 1 amide bonds. The second-order valence-electron chi connectivity index (χ2n) is 6.31. The molecular formula is C20H24N2O5S2. The highest BCUT2D eigenvalue weighted by atomic mass is 32.2. The van der Waals surface area contributed by atoms with Gasteiger partial charge in [-0.05, 0) is 43.5 Å². The summed E-state index contributed by atoms with van der Waals surface area (Å²) < 4.78 is 9.55. The van der Waals surface area contributed by atoms with Gasteiger partial charge in [0.2, 0.25) is 5.91 Å². The number of hydrogen-bond acceptors (Lipinski definition) is 8. The van der Waals surface area contributed by atoms with Crippen molar-refractivity contribution in [3.05, 3.63) is 45.8 Å². The molecule has 0 atom stereocenters. The summed E-state index contributed by atoms with van der Waals surface area (Å²) in [6, 6.07) is 8.14. The molecule has 2 aromatic rings. The fourth-order valence-electron chi connectivity index (χ4n) is 2.75. The number of rotatable bonds is 8. The Morgan fingerprint density at radius 1 is 1.10 bits per heavy atom. The van der Waals surface area contributed by atoms with E-state index in [4.69, 9.17) is 9.47 Å². The fraction of sp³-hybridized carbons (Fsp3) is 0.350. The molecule has 0 saturated heterocycles. The molecule has 0 fully saturated rings. The quantitative estimate of drug-likeness (QED) is 0.501. The smallest absolute Gasteiger partial charge is 0.348 e. The molecule has 0 radical (unpaired) electrons. The topological polar surface area (TPSA) is 84.9 Å². The van der Waals surface area contributed by atoms with Crippen LogP contribution < -0.4 is 5.32 Å². The molecule has 0 aliphatic rings. The number of amides is 1. The summed E-state index contributed by atoms with van der Waals surface area (Å²) in [5.41, 5.74) is 1.68. The van der Waals surface area contributed by atoms with E-state index in [1.165, 1.54) is 19.1 Å². The monoisotopic (exact) mass is 436 g/mol. The first-order chi connectivity index (χ1) is 13.8. The Bertz CT molecular complexity index is 893. The van der Waals surface area contributed by atoms with Gasteiger partial charge in [0.05, 0.1) is 26.3 Å². The lowest BCUT2D eigenvalue weighted by molar-refractivity contribution is -0.117. The van der Waals surface area contributed by atoms with Crippen LogP contribution in [0.15, 0.2) is 29.2 Å². The number of nitrogens with one attached hydrogen (secondary N) is 1. The molecule has 1 aromatic carbocycles. The summed E-state index contributed by atoms with van der Waals surface area (Å²) in [6.45, 7) is 2.34. The Morgan fingerprint density at radius 2 is 1.72 bits per heavy atom. The van der Waals surface area contributed by atoms with Crippen LogP contribution in [0.5, 0.6) is 0 Å². The molecular weight excluding hydrogens is 412 g/mol. The van der Waals surface area contributed by atoms with E-state index in [1.54, 1.807) is 18.7 Å². The molecule has 0 saturated carbocycles. The lowest BCUT2D eigenvalue weighted by Gasteiger charge is -2.16. The van der Waals surface area contributed by atoms with Gasteiger partial charge in [-0.2, -0.15) is 0 Å². The standard InChI is InChI=1S/C20H24N2O5S2/c1-12-16(19(24)26-3)18(29-17(12)20(25)27-4)21-15(23)11-22(2)10-13-6-8-14(28-5)9-7-13/h6-9H,10-11H2,1-5H3,(H,21,23). The van der Waals surface area contributed by atoms with Crippen LogP contribution >= 0.6 is 23.1 Å². The van der Waals surface area contributed by atoms with E-state index in [-0.39, 0.29) is 27.9 Å². The molecule has 0 bridgehead atoms. The Morgan fingerprint density at radius 3 is 2.28 bits per heavy atom. The summed E-state index contributed by atoms with van der Waals surface area (Å²) in [6.07, 6.45) is 2.02. The van der Waals surface area contributed by atoms with Crippen LogP contribution in [0, 0.1) is 6.92 Å². The van der Waals surface area contributed by atoms with E-state index in [9.17, 15) is 14.4 Å². The first kappa shape index (κ1) is 22.9. The fourth-order valence-corrected chi connectivity index (χ4v) is 4.28. The van der Waals surface area contributed by atoms with Gasteiger partial charge in [-0.1, -0.05) is 12.1 Å². The van der Waals surface area contributed by atoms with Gasteiger partial charge in [0.15, 0.2) is 0 Å². The molecule has 0 aliphatic heterocycles. The number of carbonyl (C=O) groups is 3. The molecule has 0 spiro atoms. The van der Waals surface area contributed by atoms with Gasteiger partial charge < -0.3 is 14.8 Å². The van der Waals surface area contributed by atoms with E-state index in [2.05, 4.69) is 5.32 Å². The third-order valence-electron chi connectivity index (χ3n) is 4.19. The van der Waals surface area contributed by atoms with Gasteiger partial charge in [-0.25, -0.2) is 9.59 Å². The number of esters is 2. The highest BCUT2D eigenvalue weighted by Crippen LogP contribution is 2.34. The maximum Gasteiger partial charge on any atom is 0.348 e. The van der Waals surface area contributed by atoms with Gasteiger partial charge in [0.25, 0.3) is 0 Å². The lowest BCUT2D eigenvalue weighted by atomic mass is 10.1. The molecule has 9 heteroatoms. The van der Waals surface area contributed by atoms with Crippen LogP contribution in [-0.2, 0) is 20.8 Å². The zero-order chi connectivity index (χ0) is 21.6. The summed E-state index contributed by atoms with van der Waals surface area (Å²) in [5.74, 6) is -1.48. The molecule has 0 unspecified atom stereocenters. The number of thioether (sulfide) groups is 1. The van der Waals surface area contributed by atoms with Crippen molar-refractivity contribution in [1.82, 2.24) is 4.90 Å². The Labute approximate surface area is 178 Å². The average molecular weight is 437 g/mol. The van der Waals surface area contributed by atoms with Gasteiger partial charge in [0.1, 0.15) is 9.88 Å². The normalized spacial score (nSPS) is 10.7. The van der Waals surface area contributed by atoms with E-state index in [0.717, 1.165) is 16.9 Å². The number of nitrogens with zero attached hydrogens (tertiary/aromatic N) is 1. The van der Waals surface area contributed by atoms with E-state index in [1.807, 2.05) is 42.5 Å². The number of benzene rings is 1. The SMILES string of the molecule is COC(=O)c1sc(NC(=O)CN(C)Cc2ccc(SC)cc2)c(C(=O)OC)c1C. The molecule has 0 aliphatic carbocycles. The van der Waals surface area contributed by atoms with Crippen molar-refractivity contribution in [3.63, 3.8) is 0 Å². The molecule has 1 N–H and O–H groups in total. The average Bonchev–Trinajstić information content (AvgIpc) is 3.02. The summed E-state index contributed by atoms with van der Waals surface area (Å²) in [5, 5.41) is 3.00. The highest BCUT2D eigenvalue weighted by molar-refractivity contribution is 7.98. The van der Waals surface area contributed by atoms with Crippen LogP contribution in [0.1, 0.15) is 31.2 Å². The molecule has 2 rings (SSSR count). The minimum absolute atomic E-state index is 0.120. The Hall–Kier alpha value is -2.36. The molecule has 7 nitrogen and oxygen atoms in total. The largest absolute Gasteiger partial charge is 0.465 e. The molecule has 29 heavy (non-hydrogen) atoms. The van der Waals surface area contributed by atoms with Gasteiger partial charge in [-0.3, -0.25) is 9.69 Å². The van der Waals surface area contributed by atoms with Crippen molar-refractivity contribution < 1.29 is 23.9 Å². The Balaban J connectivity index is 2.10. The van der Waals surface area contributed by atoms with Crippen LogP contribution in [-0.4, -0.2) is 56.8 Å². The number of carbonyl (C=O) groups excluding carboxylic acids is 3. The van der Waals surface area contributed by atoms with Crippen molar-refractivity contribution in [2.75, 3.05) is 39.4 Å². The zero-order valence-corrected chi connectivity index (χ0v) is 18.7. The van der Waals surface area contributed by atoms with Crippen molar-refractivity contribution in [2.45, 2.75) is 18.4 Å².